The minimum absolute atomic E-state index is 0.0756. The van der Waals surface area contributed by atoms with Crippen LogP contribution in [0.3, 0.4) is 0 Å². The summed E-state index contributed by atoms with van der Waals surface area (Å²) in [5.74, 6) is -0.487. The van der Waals surface area contributed by atoms with Crippen LogP contribution in [-0.4, -0.2) is 98.9 Å². The summed E-state index contributed by atoms with van der Waals surface area (Å²) in [6, 6.07) is 0. The number of carbonyl (C=O) groups is 1. The standard InChI is InChI=1S/C37H71O12P/c1-3-5-7-9-11-13-15-16-18-20-22-24-26-31(38)48-30(28-46-27-25-23-21-19-17-14-12-10-8-6-4-2)29-47-50(44,45)49-37-35(42)33(40)32(39)34(41)36(37)43/h11,13,30,32-37,39-43H,3-10,12,14-29H2,1-2H3,(H,44,45)/b13-11-. The van der Waals surface area contributed by atoms with Crippen molar-refractivity contribution in [3.63, 3.8) is 0 Å². The van der Waals surface area contributed by atoms with E-state index >= 15 is 0 Å². The van der Waals surface area contributed by atoms with Crippen molar-refractivity contribution >= 4 is 13.8 Å². The summed E-state index contributed by atoms with van der Waals surface area (Å²) < 4.78 is 33.9. The fourth-order valence-corrected chi connectivity index (χ4v) is 6.91. The highest BCUT2D eigenvalue weighted by atomic mass is 31.2. The summed E-state index contributed by atoms with van der Waals surface area (Å²) >= 11 is 0. The lowest BCUT2D eigenvalue weighted by Crippen LogP contribution is -2.64. The van der Waals surface area contributed by atoms with Crippen molar-refractivity contribution in [2.45, 2.75) is 198 Å². The molecule has 1 aliphatic rings. The first-order chi connectivity index (χ1) is 24.0. The Kier molecular flexibility index (Phi) is 27.8. The van der Waals surface area contributed by atoms with Crippen LogP contribution in [-0.2, 0) is 27.9 Å². The smallest absolute Gasteiger partial charge is 0.457 e. The molecule has 0 aromatic carbocycles. The molecule has 0 aromatic heterocycles. The second-order valence-electron chi connectivity index (χ2n) is 13.8. The SMILES string of the molecule is CCCCC/C=C\CCCCCCCC(=O)OC(COCCCCCCCCCCCCC)COP(=O)(O)OC1C(O)C(O)C(O)C(O)C1O. The van der Waals surface area contributed by atoms with E-state index in [2.05, 4.69) is 26.0 Å². The normalized spacial score (nSPS) is 24.4. The highest BCUT2D eigenvalue weighted by Crippen LogP contribution is 2.47. The molecule has 13 heteroatoms. The molecule has 1 rings (SSSR count). The van der Waals surface area contributed by atoms with E-state index in [1.54, 1.807) is 0 Å². The number of rotatable bonds is 32. The zero-order valence-electron chi connectivity index (χ0n) is 31.0. The van der Waals surface area contributed by atoms with Gasteiger partial charge in [0, 0.05) is 13.0 Å². The van der Waals surface area contributed by atoms with Gasteiger partial charge < -0.3 is 39.9 Å². The molecule has 6 atom stereocenters. The first-order valence-corrected chi connectivity index (χ1v) is 21.0. The van der Waals surface area contributed by atoms with Crippen LogP contribution in [0, 0.1) is 0 Å². The van der Waals surface area contributed by atoms with Crippen LogP contribution in [0.15, 0.2) is 12.2 Å². The molecule has 0 radical (unpaired) electrons. The second-order valence-corrected chi connectivity index (χ2v) is 15.2. The van der Waals surface area contributed by atoms with E-state index in [9.17, 15) is 39.8 Å². The minimum Gasteiger partial charge on any atom is -0.457 e. The maximum Gasteiger partial charge on any atom is 0.472 e. The molecule has 0 aromatic rings. The highest BCUT2D eigenvalue weighted by molar-refractivity contribution is 7.47. The number of aliphatic hydroxyl groups is 5. The molecular weight excluding hydrogens is 667 g/mol. The molecule has 0 bridgehead atoms. The minimum atomic E-state index is -5.00. The Balaban J connectivity index is 2.48. The summed E-state index contributed by atoms with van der Waals surface area (Å²) in [7, 11) is -5.00. The van der Waals surface area contributed by atoms with Crippen molar-refractivity contribution in [3.05, 3.63) is 12.2 Å². The zero-order chi connectivity index (χ0) is 37.0. The average Bonchev–Trinajstić information content (AvgIpc) is 3.09. The van der Waals surface area contributed by atoms with Gasteiger partial charge in [-0.25, -0.2) is 4.57 Å². The number of carbonyl (C=O) groups excluding carboxylic acids is 1. The first-order valence-electron chi connectivity index (χ1n) is 19.5. The molecule has 50 heavy (non-hydrogen) atoms. The molecule has 0 amide bonds. The van der Waals surface area contributed by atoms with Crippen molar-refractivity contribution < 1.29 is 58.3 Å². The molecule has 6 N–H and O–H groups in total. The van der Waals surface area contributed by atoms with Crippen molar-refractivity contribution in [1.29, 1.82) is 0 Å². The van der Waals surface area contributed by atoms with Crippen molar-refractivity contribution in [1.82, 2.24) is 0 Å². The Hall–Kier alpha value is -0.920. The Morgan fingerprint density at radius 2 is 1.06 bits per heavy atom. The van der Waals surface area contributed by atoms with Gasteiger partial charge in [0.25, 0.3) is 0 Å². The van der Waals surface area contributed by atoms with Crippen molar-refractivity contribution in [3.8, 4) is 0 Å². The van der Waals surface area contributed by atoms with E-state index in [1.807, 2.05) is 0 Å². The number of esters is 1. The second kappa shape index (κ2) is 29.5. The Bertz CT molecular complexity index is 890. The Labute approximate surface area is 301 Å². The summed E-state index contributed by atoms with van der Waals surface area (Å²) in [5.41, 5.74) is 0. The molecule has 0 saturated heterocycles. The van der Waals surface area contributed by atoms with Gasteiger partial charge in [0.1, 0.15) is 42.7 Å². The van der Waals surface area contributed by atoms with E-state index < -0.39 is 63.1 Å². The van der Waals surface area contributed by atoms with E-state index in [4.69, 9.17) is 18.5 Å². The molecule has 1 aliphatic carbocycles. The molecular formula is C37H71O12P. The molecule has 6 unspecified atom stereocenters. The van der Waals surface area contributed by atoms with E-state index in [-0.39, 0.29) is 13.0 Å². The summed E-state index contributed by atoms with van der Waals surface area (Å²) in [4.78, 5) is 23.0. The van der Waals surface area contributed by atoms with Crippen LogP contribution >= 0.6 is 7.82 Å². The van der Waals surface area contributed by atoms with Crippen LogP contribution in [0.25, 0.3) is 0 Å². The largest absolute Gasteiger partial charge is 0.472 e. The van der Waals surface area contributed by atoms with Crippen LogP contribution in [0.1, 0.15) is 155 Å². The molecule has 12 nitrogen and oxygen atoms in total. The fraction of sp³-hybridized carbons (Fsp3) is 0.919. The lowest BCUT2D eigenvalue weighted by molar-refractivity contribution is -0.220. The van der Waals surface area contributed by atoms with Gasteiger partial charge in [-0.15, -0.1) is 0 Å². The number of ether oxygens (including phenoxy) is 2. The molecule has 296 valence electrons. The number of phosphoric ester groups is 1. The number of aliphatic hydroxyl groups excluding tert-OH is 5. The van der Waals surface area contributed by atoms with Gasteiger partial charge in [0.05, 0.1) is 13.2 Å². The third-order valence-electron chi connectivity index (χ3n) is 9.14. The predicted molar refractivity (Wildman–Crippen MR) is 193 cm³/mol. The Morgan fingerprint density at radius 3 is 1.62 bits per heavy atom. The number of phosphoric acid groups is 1. The zero-order valence-corrected chi connectivity index (χ0v) is 31.8. The van der Waals surface area contributed by atoms with Gasteiger partial charge in [-0.2, -0.15) is 0 Å². The maximum absolute atomic E-state index is 12.7. The molecule has 0 aliphatic heterocycles. The van der Waals surface area contributed by atoms with E-state index in [0.717, 1.165) is 57.8 Å². The van der Waals surface area contributed by atoms with Crippen molar-refractivity contribution in [2.75, 3.05) is 19.8 Å². The van der Waals surface area contributed by atoms with Gasteiger partial charge in [-0.05, 0) is 38.5 Å². The van der Waals surface area contributed by atoms with Gasteiger partial charge in [0.15, 0.2) is 0 Å². The lowest BCUT2D eigenvalue weighted by atomic mass is 9.85. The highest BCUT2D eigenvalue weighted by Gasteiger charge is 2.51. The fourth-order valence-electron chi connectivity index (χ4n) is 5.94. The van der Waals surface area contributed by atoms with Gasteiger partial charge in [-0.1, -0.05) is 122 Å². The molecule has 0 spiro atoms. The molecule has 1 fully saturated rings. The molecule has 1 saturated carbocycles. The number of hydrogen-bond acceptors (Lipinski definition) is 11. The third-order valence-corrected chi connectivity index (χ3v) is 10.1. The predicted octanol–water partition coefficient (Wildman–Crippen LogP) is 6.41. The van der Waals surface area contributed by atoms with Gasteiger partial charge in [0.2, 0.25) is 0 Å². The monoisotopic (exact) mass is 738 g/mol. The number of unbranched alkanes of at least 4 members (excludes halogenated alkanes) is 18. The van der Waals surface area contributed by atoms with Gasteiger partial charge >= 0.3 is 13.8 Å². The quantitative estimate of drug-likeness (QED) is 0.0193. The molecule has 0 heterocycles. The van der Waals surface area contributed by atoms with Crippen molar-refractivity contribution in [2.24, 2.45) is 0 Å². The van der Waals surface area contributed by atoms with Gasteiger partial charge in [-0.3, -0.25) is 13.8 Å². The third kappa shape index (κ3) is 22.2. The topological polar surface area (TPSA) is 192 Å². The maximum atomic E-state index is 12.7. The number of allylic oxidation sites excluding steroid dienone is 2. The van der Waals surface area contributed by atoms with Crippen LogP contribution in [0.4, 0.5) is 0 Å². The average molecular weight is 739 g/mol. The number of hydrogen-bond donors (Lipinski definition) is 6. The summed E-state index contributed by atoms with van der Waals surface area (Å²) in [6.07, 6.45) is 15.8. The Morgan fingerprint density at radius 1 is 0.620 bits per heavy atom. The first kappa shape index (κ1) is 47.1. The van der Waals surface area contributed by atoms with E-state index in [1.165, 1.54) is 70.6 Å². The van der Waals surface area contributed by atoms with E-state index in [0.29, 0.717) is 13.0 Å². The summed E-state index contributed by atoms with van der Waals surface area (Å²) in [6.45, 7) is 4.19. The van der Waals surface area contributed by atoms with Crippen LogP contribution < -0.4 is 0 Å². The van der Waals surface area contributed by atoms with Crippen LogP contribution in [0.2, 0.25) is 0 Å². The summed E-state index contributed by atoms with van der Waals surface area (Å²) in [5, 5.41) is 49.9. The van der Waals surface area contributed by atoms with Crippen LogP contribution in [0.5, 0.6) is 0 Å². The lowest BCUT2D eigenvalue weighted by Gasteiger charge is -2.41.